The molecule has 18 heavy (non-hydrogen) atoms. The van der Waals surface area contributed by atoms with Crippen LogP contribution in [0.25, 0.3) is 0 Å². The molecule has 0 aliphatic rings. The van der Waals surface area contributed by atoms with Gasteiger partial charge in [-0.25, -0.2) is 4.79 Å². The lowest BCUT2D eigenvalue weighted by Crippen LogP contribution is -2.16. The topological polar surface area (TPSA) is 74.6 Å². The maximum atomic E-state index is 11.4. The van der Waals surface area contributed by atoms with Crippen molar-refractivity contribution >= 4 is 39.3 Å². The molecule has 0 radical (unpaired) electrons. The van der Waals surface area contributed by atoms with E-state index in [0.29, 0.717) is 11.1 Å². The fraction of sp³-hybridized carbons (Fsp3) is 0.333. The Morgan fingerprint density at radius 1 is 1.44 bits per heavy atom. The van der Waals surface area contributed by atoms with E-state index in [-0.39, 0.29) is 17.2 Å². The summed E-state index contributed by atoms with van der Waals surface area (Å²) in [6.07, 6.45) is -1.68. The number of carboxylic acids is 1. The second-order valence-corrected chi connectivity index (χ2v) is 4.95. The lowest BCUT2D eigenvalue weighted by Gasteiger charge is -2.18. The summed E-state index contributed by atoms with van der Waals surface area (Å²) >= 11 is 8.97. The zero-order chi connectivity index (χ0) is 13.9. The SMILES string of the molecule is CC(=O)C(Br)c1c(CCl)cccc1C(O)C(=O)O. The van der Waals surface area contributed by atoms with E-state index in [9.17, 15) is 14.7 Å². The maximum absolute atomic E-state index is 11.4. The van der Waals surface area contributed by atoms with Crippen molar-refractivity contribution in [2.75, 3.05) is 0 Å². The molecule has 1 rings (SSSR count). The van der Waals surface area contributed by atoms with Crippen molar-refractivity contribution in [2.24, 2.45) is 0 Å². The highest BCUT2D eigenvalue weighted by atomic mass is 79.9. The summed E-state index contributed by atoms with van der Waals surface area (Å²) in [5.41, 5.74) is 1.22. The average molecular weight is 336 g/mol. The van der Waals surface area contributed by atoms with Gasteiger partial charge in [0.15, 0.2) is 6.10 Å². The number of aliphatic hydroxyl groups excluding tert-OH is 1. The van der Waals surface area contributed by atoms with Crippen LogP contribution in [0.5, 0.6) is 0 Å². The van der Waals surface area contributed by atoms with Gasteiger partial charge in [0.2, 0.25) is 0 Å². The van der Waals surface area contributed by atoms with Crippen molar-refractivity contribution < 1.29 is 19.8 Å². The van der Waals surface area contributed by atoms with Crippen LogP contribution in [0, 0.1) is 0 Å². The highest BCUT2D eigenvalue weighted by Crippen LogP contribution is 2.34. The maximum Gasteiger partial charge on any atom is 0.337 e. The number of benzene rings is 1. The number of aliphatic hydroxyl groups is 1. The van der Waals surface area contributed by atoms with E-state index < -0.39 is 16.9 Å². The predicted octanol–water partition coefficient (Wildman–Crippen LogP) is 2.57. The smallest absolute Gasteiger partial charge is 0.337 e. The molecule has 0 bridgehead atoms. The van der Waals surface area contributed by atoms with Gasteiger partial charge in [0, 0.05) is 5.88 Å². The minimum atomic E-state index is -1.68. The molecule has 0 heterocycles. The van der Waals surface area contributed by atoms with Gasteiger partial charge in [-0.15, -0.1) is 11.6 Å². The monoisotopic (exact) mass is 334 g/mol. The number of rotatable bonds is 5. The molecular weight excluding hydrogens is 323 g/mol. The van der Waals surface area contributed by atoms with Crippen molar-refractivity contribution in [1.29, 1.82) is 0 Å². The molecule has 6 heteroatoms. The van der Waals surface area contributed by atoms with Crippen LogP contribution in [0.1, 0.15) is 34.5 Å². The summed E-state index contributed by atoms with van der Waals surface area (Å²) in [6, 6.07) is 4.77. The van der Waals surface area contributed by atoms with Gasteiger partial charge < -0.3 is 10.2 Å². The number of ketones is 1. The van der Waals surface area contributed by atoms with Crippen molar-refractivity contribution in [2.45, 2.75) is 23.7 Å². The van der Waals surface area contributed by atoms with E-state index in [1.807, 2.05) is 0 Å². The van der Waals surface area contributed by atoms with Crippen LogP contribution >= 0.6 is 27.5 Å². The first-order valence-electron chi connectivity index (χ1n) is 5.13. The number of carbonyl (C=O) groups is 2. The third kappa shape index (κ3) is 3.10. The number of hydrogen-bond donors (Lipinski definition) is 2. The first kappa shape index (κ1) is 15.1. The normalized spacial score (nSPS) is 14.0. The molecule has 0 saturated carbocycles. The largest absolute Gasteiger partial charge is 0.479 e. The van der Waals surface area contributed by atoms with Crippen LogP contribution in [-0.4, -0.2) is 22.0 Å². The second kappa shape index (κ2) is 6.31. The Morgan fingerprint density at radius 2 is 2.06 bits per heavy atom. The van der Waals surface area contributed by atoms with E-state index in [0.717, 1.165) is 0 Å². The molecule has 0 saturated heterocycles. The highest BCUT2D eigenvalue weighted by molar-refractivity contribution is 9.09. The minimum Gasteiger partial charge on any atom is -0.479 e. The summed E-state index contributed by atoms with van der Waals surface area (Å²) < 4.78 is 0. The van der Waals surface area contributed by atoms with Crippen molar-refractivity contribution in [3.05, 3.63) is 34.9 Å². The number of halogens is 2. The summed E-state index contributed by atoms with van der Waals surface area (Å²) in [7, 11) is 0. The Balaban J connectivity index is 3.42. The first-order valence-corrected chi connectivity index (χ1v) is 6.58. The molecule has 0 amide bonds. The van der Waals surface area contributed by atoms with Crippen LogP contribution in [0.3, 0.4) is 0 Å². The quantitative estimate of drug-likeness (QED) is 0.811. The van der Waals surface area contributed by atoms with Crippen LogP contribution in [0.4, 0.5) is 0 Å². The van der Waals surface area contributed by atoms with Crippen molar-refractivity contribution in [1.82, 2.24) is 0 Å². The molecule has 2 unspecified atom stereocenters. The van der Waals surface area contributed by atoms with Gasteiger partial charge in [-0.2, -0.15) is 0 Å². The Bertz CT molecular complexity index is 475. The molecule has 0 aliphatic carbocycles. The molecule has 4 nitrogen and oxygen atoms in total. The van der Waals surface area contributed by atoms with Crippen LogP contribution in [0.15, 0.2) is 18.2 Å². The number of carboxylic acid groups (broad SMARTS) is 1. The fourth-order valence-electron chi connectivity index (χ4n) is 1.63. The lowest BCUT2D eigenvalue weighted by molar-refractivity contribution is -0.147. The molecular formula is C12H12BrClO4. The van der Waals surface area contributed by atoms with E-state index in [1.54, 1.807) is 12.1 Å². The van der Waals surface area contributed by atoms with Crippen LogP contribution < -0.4 is 0 Å². The standard InChI is InChI=1S/C12H12BrClO4/c1-6(15)10(13)9-7(5-14)3-2-4-8(9)11(16)12(17)18/h2-4,10-11,16H,5H2,1H3,(H,17,18). The Kier molecular flexibility index (Phi) is 5.31. The fourth-order valence-corrected chi connectivity index (χ4v) is 2.42. The van der Waals surface area contributed by atoms with Crippen LogP contribution in [-0.2, 0) is 15.5 Å². The van der Waals surface area contributed by atoms with E-state index in [2.05, 4.69) is 15.9 Å². The Hall–Kier alpha value is -0.910. The van der Waals surface area contributed by atoms with Crippen LogP contribution in [0.2, 0.25) is 0 Å². The minimum absolute atomic E-state index is 0.130. The van der Waals surface area contributed by atoms with Gasteiger partial charge in [0.1, 0.15) is 5.78 Å². The van der Waals surface area contributed by atoms with E-state index in [4.69, 9.17) is 16.7 Å². The number of carbonyl (C=O) groups excluding carboxylic acids is 1. The Morgan fingerprint density at radius 3 is 2.50 bits per heavy atom. The summed E-state index contributed by atoms with van der Waals surface area (Å²) in [5, 5.41) is 18.5. The Labute approximate surface area is 118 Å². The van der Waals surface area contributed by atoms with Gasteiger partial charge in [-0.1, -0.05) is 34.1 Å². The second-order valence-electron chi connectivity index (χ2n) is 3.77. The van der Waals surface area contributed by atoms with Gasteiger partial charge in [-0.05, 0) is 23.6 Å². The molecule has 0 spiro atoms. The number of alkyl halides is 2. The molecule has 98 valence electrons. The molecule has 1 aromatic carbocycles. The number of Topliss-reactive ketones (excluding diaryl/α,β-unsaturated/α-hetero) is 1. The predicted molar refractivity (Wildman–Crippen MR) is 70.9 cm³/mol. The average Bonchev–Trinajstić information content (AvgIpc) is 2.35. The van der Waals surface area contributed by atoms with Crippen molar-refractivity contribution in [3.63, 3.8) is 0 Å². The lowest BCUT2D eigenvalue weighted by atomic mass is 9.94. The van der Waals surface area contributed by atoms with Gasteiger partial charge in [0.05, 0.1) is 4.83 Å². The zero-order valence-electron chi connectivity index (χ0n) is 9.56. The summed E-state index contributed by atoms with van der Waals surface area (Å²) in [5.74, 6) is -1.43. The van der Waals surface area contributed by atoms with Gasteiger partial charge in [-0.3, -0.25) is 4.79 Å². The third-order valence-electron chi connectivity index (χ3n) is 2.51. The number of hydrogen-bond acceptors (Lipinski definition) is 3. The highest BCUT2D eigenvalue weighted by Gasteiger charge is 2.26. The van der Waals surface area contributed by atoms with Gasteiger partial charge in [0.25, 0.3) is 0 Å². The van der Waals surface area contributed by atoms with Gasteiger partial charge >= 0.3 is 5.97 Å². The van der Waals surface area contributed by atoms with Crippen molar-refractivity contribution in [3.8, 4) is 0 Å². The van der Waals surface area contributed by atoms with E-state index in [1.165, 1.54) is 13.0 Å². The molecule has 0 aromatic heterocycles. The molecule has 0 aliphatic heterocycles. The molecule has 1 aromatic rings. The third-order valence-corrected chi connectivity index (χ3v) is 3.90. The molecule has 2 atom stereocenters. The number of aliphatic carboxylic acids is 1. The summed E-state index contributed by atoms with van der Waals surface area (Å²) in [4.78, 5) is 21.6. The molecule has 2 N–H and O–H groups in total. The first-order chi connectivity index (χ1) is 8.40. The zero-order valence-corrected chi connectivity index (χ0v) is 11.9. The molecule has 0 fully saturated rings. The summed E-state index contributed by atoms with van der Waals surface area (Å²) in [6.45, 7) is 1.38. The van der Waals surface area contributed by atoms with E-state index >= 15 is 0 Å².